The fraction of sp³-hybridized carbons (Fsp3) is 0.611. The summed E-state index contributed by atoms with van der Waals surface area (Å²) in [6.45, 7) is 3.89. The van der Waals surface area contributed by atoms with E-state index in [0.29, 0.717) is 6.54 Å². The molecule has 1 aromatic carbocycles. The Bertz CT molecular complexity index is 649. The maximum atomic E-state index is 13.0. The van der Waals surface area contributed by atoms with Gasteiger partial charge in [-0.25, -0.2) is 0 Å². The van der Waals surface area contributed by atoms with Gasteiger partial charge in [0.15, 0.2) is 5.96 Å². The Balaban J connectivity index is 0.00000261. The first-order valence-corrected chi connectivity index (χ1v) is 8.76. The number of guanidine groups is 1. The highest BCUT2D eigenvalue weighted by molar-refractivity contribution is 14.0. The first kappa shape index (κ1) is 22.1. The fourth-order valence-electron chi connectivity index (χ4n) is 3.57. The Morgan fingerprint density at radius 3 is 2.78 bits per heavy atom. The van der Waals surface area contributed by atoms with Crippen molar-refractivity contribution < 1.29 is 22.6 Å². The van der Waals surface area contributed by atoms with Crippen LogP contribution < -0.4 is 10.1 Å². The van der Waals surface area contributed by atoms with E-state index in [1.54, 1.807) is 7.05 Å². The zero-order chi connectivity index (χ0) is 18.6. The number of nitrogens with zero attached hydrogens (tertiary/aromatic N) is 2. The van der Waals surface area contributed by atoms with Gasteiger partial charge in [0.2, 0.25) is 0 Å². The molecule has 2 heterocycles. The normalized spacial score (nSPS) is 22.8. The summed E-state index contributed by atoms with van der Waals surface area (Å²) in [7, 11) is 1.71. The molecule has 2 fully saturated rings. The summed E-state index contributed by atoms with van der Waals surface area (Å²) in [4.78, 5) is 6.46. The van der Waals surface area contributed by atoms with Crippen LogP contribution in [0.4, 0.5) is 13.2 Å². The number of halogens is 4. The molecule has 2 aliphatic heterocycles. The summed E-state index contributed by atoms with van der Waals surface area (Å²) in [5.41, 5.74) is -0.535. The van der Waals surface area contributed by atoms with E-state index >= 15 is 0 Å². The van der Waals surface area contributed by atoms with Crippen LogP contribution in [0.2, 0.25) is 0 Å². The molecule has 0 aliphatic carbocycles. The van der Waals surface area contributed by atoms with Gasteiger partial charge in [0.05, 0.1) is 18.7 Å². The number of likely N-dealkylation sites (tertiary alicyclic amines) is 1. The van der Waals surface area contributed by atoms with Crippen molar-refractivity contribution in [3.63, 3.8) is 0 Å². The standard InChI is InChI=1S/C18H24F3N3O2.HI/c1-22-16(24-9-6-17(12-24)7-10-25-13-17)23-8-11-26-15-5-3-2-4-14(15)18(19,20)21;/h2-5H,6-13H2,1H3,(H,22,23);1H. The minimum absolute atomic E-state index is 0. The first-order chi connectivity index (χ1) is 12.4. The van der Waals surface area contributed by atoms with E-state index in [9.17, 15) is 13.2 Å². The van der Waals surface area contributed by atoms with E-state index in [1.807, 2.05) is 0 Å². The van der Waals surface area contributed by atoms with Crippen molar-refractivity contribution in [1.29, 1.82) is 0 Å². The quantitative estimate of drug-likeness (QED) is 0.299. The van der Waals surface area contributed by atoms with Crippen molar-refractivity contribution in [3.05, 3.63) is 29.8 Å². The maximum Gasteiger partial charge on any atom is 0.419 e. The molecule has 1 aromatic rings. The predicted molar refractivity (Wildman–Crippen MR) is 108 cm³/mol. The Morgan fingerprint density at radius 1 is 1.33 bits per heavy atom. The van der Waals surface area contributed by atoms with Crippen LogP contribution in [0.3, 0.4) is 0 Å². The van der Waals surface area contributed by atoms with Gasteiger partial charge < -0.3 is 19.7 Å². The molecule has 3 rings (SSSR count). The number of hydrogen-bond donors (Lipinski definition) is 1. The molecule has 0 bridgehead atoms. The van der Waals surface area contributed by atoms with E-state index in [2.05, 4.69) is 15.2 Å². The third-order valence-corrected chi connectivity index (χ3v) is 4.97. The van der Waals surface area contributed by atoms with Crippen molar-refractivity contribution in [3.8, 4) is 5.75 Å². The van der Waals surface area contributed by atoms with Crippen molar-refractivity contribution in [2.75, 3.05) is 46.5 Å². The Morgan fingerprint density at radius 2 is 2.11 bits per heavy atom. The van der Waals surface area contributed by atoms with Crippen LogP contribution in [-0.2, 0) is 10.9 Å². The largest absolute Gasteiger partial charge is 0.491 e. The molecule has 5 nitrogen and oxygen atoms in total. The summed E-state index contributed by atoms with van der Waals surface area (Å²) in [6, 6.07) is 5.24. The summed E-state index contributed by atoms with van der Waals surface area (Å²) < 4.78 is 49.7. The average molecular weight is 499 g/mol. The van der Waals surface area contributed by atoms with Gasteiger partial charge in [-0.15, -0.1) is 24.0 Å². The molecule has 1 N–H and O–H groups in total. The molecule has 27 heavy (non-hydrogen) atoms. The Kier molecular flexibility index (Phi) is 7.61. The lowest BCUT2D eigenvalue weighted by atomic mass is 9.87. The van der Waals surface area contributed by atoms with E-state index in [4.69, 9.17) is 9.47 Å². The molecule has 0 saturated carbocycles. The first-order valence-electron chi connectivity index (χ1n) is 8.76. The van der Waals surface area contributed by atoms with E-state index < -0.39 is 11.7 Å². The number of para-hydroxylation sites is 1. The number of aliphatic imine (C=N–C) groups is 1. The average Bonchev–Trinajstić information content (AvgIpc) is 3.25. The molecule has 1 unspecified atom stereocenters. The monoisotopic (exact) mass is 499 g/mol. The molecule has 0 amide bonds. The second-order valence-corrected chi connectivity index (χ2v) is 6.79. The summed E-state index contributed by atoms with van der Waals surface area (Å²) in [5, 5.41) is 3.18. The molecule has 0 radical (unpaired) electrons. The summed E-state index contributed by atoms with van der Waals surface area (Å²) in [5.74, 6) is 0.599. The van der Waals surface area contributed by atoms with Gasteiger partial charge in [0.25, 0.3) is 0 Å². The second-order valence-electron chi connectivity index (χ2n) is 6.79. The number of ether oxygens (including phenoxy) is 2. The number of benzene rings is 1. The summed E-state index contributed by atoms with van der Waals surface area (Å²) in [6.07, 6.45) is -2.28. The highest BCUT2D eigenvalue weighted by atomic mass is 127. The van der Waals surface area contributed by atoms with Crippen LogP contribution in [-0.4, -0.2) is 57.4 Å². The lowest BCUT2D eigenvalue weighted by Crippen LogP contribution is -2.42. The molecule has 0 aromatic heterocycles. The lowest BCUT2D eigenvalue weighted by Gasteiger charge is -2.25. The third kappa shape index (κ3) is 5.40. The molecule has 1 spiro atoms. The highest BCUT2D eigenvalue weighted by Crippen LogP contribution is 2.38. The topological polar surface area (TPSA) is 46.1 Å². The van der Waals surface area contributed by atoms with Crippen LogP contribution in [0.15, 0.2) is 29.3 Å². The number of rotatable bonds is 4. The SMILES string of the molecule is CN=C(NCCOc1ccccc1C(F)(F)F)N1CCC2(CCOC2)C1.I. The molecule has 1 atom stereocenters. The minimum Gasteiger partial charge on any atom is -0.491 e. The summed E-state index contributed by atoms with van der Waals surface area (Å²) >= 11 is 0. The van der Waals surface area contributed by atoms with Crippen molar-refractivity contribution in [2.45, 2.75) is 19.0 Å². The number of nitrogens with one attached hydrogen (secondary N) is 1. The van der Waals surface area contributed by atoms with Crippen LogP contribution in [0, 0.1) is 5.41 Å². The van der Waals surface area contributed by atoms with E-state index in [0.717, 1.165) is 51.2 Å². The van der Waals surface area contributed by atoms with Crippen LogP contribution in [0.25, 0.3) is 0 Å². The van der Waals surface area contributed by atoms with Crippen LogP contribution >= 0.6 is 24.0 Å². The van der Waals surface area contributed by atoms with E-state index in [-0.39, 0.29) is 41.7 Å². The second kappa shape index (κ2) is 9.31. The van der Waals surface area contributed by atoms with Gasteiger partial charge in [-0.05, 0) is 25.0 Å². The number of alkyl halides is 3. The van der Waals surface area contributed by atoms with Gasteiger partial charge in [0.1, 0.15) is 12.4 Å². The van der Waals surface area contributed by atoms with Gasteiger partial charge in [-0.2, -0.15) is 13.2 Å². The van der Waals surface area contributed by atoms with Crippen molar-refractivity contribution in [2.24, 2.45) is 10.4 Å². The molecular weight excluding hydrogens is 474 g/mol. The fourth-order valence-corrected chi connectivity index (χ4v) is 3.57. The third-order valence-electron chi connectivity index (χ3n) is 4.97. The molecular formula is C18H25F3IN3O2. The Hall–Kier alpha value is -1.23. The van der Waals surface area contributed by atoms with E-state index in [1.165, 1.54) is 18.2 Å². The minimum atomic E-state index is -4.42. The van der Waals surface area contributed by atoms with Gasteiger partial charge in [-0.1, -0.05) is 12.1 Å². The van der Waals surface area contributed by atoms with Gasteiger partial charge in [-0.3, -0.25) is 4.99 Å². The molecule has 2 saturated heterocycles. The van der Waals surface area contributed by atoms with Crippen LogP contribution in [0.5, 0.6) is 5.75 Å². The Labute approximate surface area is 174 Å². The maximum absolute atomic E-state index is 13.0. The zero-order valence-corrected chi connectivity index (χ0v) is 17.5. The van der Waals surface area contributed by atoms with Gasteiger partial charge in [0, 0.05) is 32.2 Å². The lowest BCUT2D eigenvalue weighted by molar-refractivity contribution is -0.138. The predicted octanol–water partition coefficient (Wildman–Crippen LogP) is 3.39. The number of hydrogen-bond acceptors (Lipinski definition) is 3. The molecule has 152 valence electrons. The molecule has 9 heteroatoms. The van der Waals surface area contributed by atoms with Gasteiger partial charge >= 0.3 is 6.18 Å². The van der Waals surface area contributed by atoms with Crippen molar-refractivity contribution >= 4 is 29.9 Å². The van der Waals surface area contributed by atoms with Crippen LogP contribution in [0.1, 0.15) is 18.4 Å². The van der Waals surface area contributed by atoms with Crippen molar-refractivity contribution in [1.82, 2.24) is 10.2 Å². The molecule has 2 aliphatic rings. The smallest absolute Gasteiger partial charge is 0.419 e. The zero-order valence-electron chi connectivity index (χ0n) is 15.2. The highest BCUT2D eigenvalue weighted by Gasteiger charge is 2.42.